The first-order chi connectivity index (χ1) is 8.09. The summed E-state index contributed by atoms with van der Waals surface area (Å²) in [6, 6.07) is 2.13. The van der Waals surface area contributed by atoms with Gasteiger partial charge in [-0.3, -0.25) is 0 Å². The molecular weight excluding hydrogens is 224 g/mol. The smallest absolute Gasteiger partial charge is 0.178 e. The third-order valence-corrected chi connectivity index (χ3v) is 5.12. The Hall–Kier alpha value is -0.860. The Morgan fingerprint density at radius 3 is 2.17 bits per heavy atom. The van der Waals surface area contributed by atoms with Crippen molar-refractivity contribution >= 4 is 0 Å². The number of aryl methyl sites for hydroxylation is 1. The van der Waals surface area contributed by atoms with Crippen LogP contribution in [0.25, 0.3) is 0 Å². The van der Waals surface area contributed by atoms with E-state index in [9.17, 15) is 10.2 Å². The van der Waals surface area contributed by atoms with Crippen LogP contribution >= 0.6 is 0 Å². The molecule has 18 heavy (non-hydrogen) atoms. The lowest BCUT2D eigenvalue weighted by Gasteiger charge is -2.36. The predicted molar refractivity (Wildman–Crippen MR) is 73.6 cm³/mol. The summed E-state index contributed by atoms with van der Waals surface area (Å²) in [6.07, 6.45) is -0.325. The van der Waals surface area contributed by atoms with Crippen molar-refractivity contribution in [3.05, 3.63) is 33.9 Å². The number of benzene rings is 1. The first-order valence-corrected chi connectivity index (χ1v) is 6.59. The molecule has 2 rings (SSSR count). The molecule has 100 valence electrons. The van der Waals surface area contributed by atoms with E-state index in [-0.39, 0.29) is 10.8 Å². The second-order valence-corrected chi connectivity index (χ2v) is 6.83. The van der Waals surface area contributed by atoms with E-state index in [1.165, 1.54) is 11.1 Å². The second kappa shape index (κ2) is 3.82. The van der Waals surface area contributed by atoms with Crippen LogP contribution in [0.15, 0.2) is 6.07 Å². The van der Waals surface area contributed by atoms with E-state index in [4.69, 9.17) is 0 Å². The van der Waals surface area contributed by atoms with Crippen LogP contribution in [0.3, 0.4) is 0 Å². The summed E-state index contributed by atoms with van der Waals surface area (Å²) in [6.45, 7) is 13.1. The summed E-state index contributed by atoms with van der Waals surface area (Å²) in [5, 5.41) is 19.1. The van der Waals surface area contributed by atoms with Crippen LogP contribution in [0.4, 0.5) is 0 Å². The Labute approximate surface area is 110 Å². The molecule has 1 aliphatic carbocycles. The van der Waals surface area contributed by atoms with Crippen molar-refractivity contribution in [2.24, 2.45) is 5.41 Å². The van der Waals surface area contributed by atoms with Gasteiger partial charge in [-0.05, 0) is 53.4 Å². The molecular formula is C16H24O2. The normalized spacial score (nSPS) is 20.3. The molecule has 2 heteroatoms. The van der Waals surface area contributed by atoms with Gasteiger partial charge >= 0.3 is 0 Å². The van der Waals surface area contributed by atoms with E-state index in [1.54, 1.807) is 0 Å². The van der Waals surface area contributed by atoms with Crippen molar-refractivity contribution < 1.29 is 10.2 Å². The average Bonchev–Trinajstić information content (AvgIpc) is 2.30. The van der Waals surface area contributed by atoms with Crippen LogP contribution in [0.5, 0.6) is 0 Å². The monoisotopic (exact) mass is 248 g/mol. The van der Waals surface area contributed by atoms with Crippen molar-refractivity contribution in [1.29, 1.82) is 0 Å². The van der Waals surface area contributed by atoms with Gasteiger partial charge in [-0.1, -0.05) is 33.8 Å². The van der Waals surface area contributed by atoms with Crippen LogP contribution in [0, 0.1) is 19.3 Å². The number of aliphatic hydroxyl groups excluding tert-OH is 1. The van der Waals surface area contributed by atoms with Gasteiger partial charge in [0.15, 0.2) is 6.29 Å². The molecule has 1 aromatic rings. The SMILES string of the molecule is Cc1cc2c(c(C)c1C(O)O)C(C)(C)C(C)(C)C2. The Bertz CT molecular complexity index is 496. The zero-order valence-electron chi connectivity index (χ0n) is 12.3. The molecule has 2 N–H and O–H groups in total. The zero-order chi connectivity index (χ0) is 13.9. The highest BCUT2D eigenvalue weighted by atomic mass is 16.5. The first kappa shape index (κ1) is 13.6. The molecule has 0 spiro atoms. The van der Waals surface area contributed by atoms with E-state index < -0.39 is 6.29 Å². The minimum atomic E-state index is -1.38. The number of aliphatic hydroxyl groups is 2. The van der Waals surface area contributed by atoms with Crippen LogP contribution in [0.2, 0.25) is 0 Å². The number of hydrogen-bond donors (Lipinski definition) is 2. The Balaban J connectivity index is 2.75. The summed E-state index contributed by atoms with van der Waals surface area (Å²) < 4.78 is 0. The minimum absolute atomic E-state index is 0.0593. The molecule has 2 nitrogen and oxygen atoms in total. The number of rotatable bonds is 1. The van der Waals surface area contributed by atoms with E-state index in [2.05, 4.69) is 33.8 Å². The third kappa shape index (κ3) is 1.63. The van der Waals surface area contributed by atoms with E-state index in [0.29, 0.717) is 5.56 Å². The highest BCUT2D eigenvalue weighted by molar-refractivity contribution is 5.53. The summed E-state index contributed by atoms with van der Waals surface area (Å²) in [7, 11) is 0. The highest BCUT2D eigenvalue weighted by Gasteiger charge is 2.46. The van der Waals surface area contributed by atoms with Crippen LogP contribution in [0.1, 0.15) is 61.8 Å². The summed E-state index contributed by atoms with van der Waals surface area (Å²) in [4.78, 5) is 0. The largest absolute Gasteiger partial charge is 0.364 e. The van der Waals surface area contributed by atoms with Crippen LogP contribution in [-0.2, 0) is 11.8 Å². The quantitative estimate of drug-likeness (QED) is 0.750. The Kier molecular flexibility index (Phi) is 2.88. The van der Waals surface area contributed by atoms with E-state index in [0.717, 1.165) is 17.5 Å². The van der Waals surface area contributed by atoms with Crippen molar-refractivity contribution in [1.82, 2.24) is 0 Å². The van der Waals surface area contributed by atoms with Gasteiger partial charge in [0.2, 0.25) is 0 Å². The molecule has 0 heterocycles. The summed E-state index contributed by atoms with van der Waals surface area (Å²) in [5.41, 5.74) is 5.64. The van der Waals surface area contributed by atoms with Crippen molar-refractivity contribution in [3.63, 3.8) is 0 Å². The predicted octanol–water partition coefficient (Wildman–Crippen LogP) is 3.15. The topological polar surface area (TPSA) is 40.5 Å². The maximum Gasteiger partial charge on any atom is 0.178 e. The van der Waals surface area contributed by atoms with Gasteiger partial charge < -0.3 is 10.2 Å². The fourth-order valence-corrected chi connectivity index (χ4v) is 3.52. The number of hydrogen-bond acceptors (Lipinski definition) is 2. The molecule has 0 unspecified atom stereocenters. The van der Waals surface area contributed by atoms with E-state index >= 15 is 0 Å². The number of fused-ring (bicyclic) bond motifs is 1. The third-order valence-electron chi connectivity index (χ3n) is 5.12. The average molecular weight is 248 g/mol. The van der Waals surface area contributed by atoms with Gasteiger partial charge in [-0.2, -0.15) is 0 Å². The lowest BCUT2D eigenvalue weighted by atomic mass is 9.67. The minimum Gasteiger partial charge on any atom is -0.364 e. The first-order valence-electron chi connectivity index (χ1n) is 6.59. The summed E-state index contributed by atoms with van der Waals surface area (Å²) >= 11 is 0. The maximum atomic E-state index is 9.57. The standard InChI is InChI=1S/C16H24O2/c1-9-7-11-8-15(3,4)16(5,6)13(11)10(2)12(9)14(17)18/h7,14,17-18H,8H2,1-6H3. The van der Waals surface area contributed by atoms with Gasteiger partial charge in [0.05, 0.1) is 0 Å². The van der Waals surface area contributed by atoms with Gasteiger partial charge in [0.1, 0.15) is 0 Å². The molecule has 0 aliphatic heterocycles. The molecule has 0 radical (unpaired) electrons. The van der Waals surface area contributed by atoms with Crippen molar-refractivity contribution in [3.8, 4) is 0 Å². The fraction of sp³-hybridized carbons (Fsp3) is 0.625. The lowest BCUT2D eigenvalue weighted by molar-refractivity contribution is -0.0434. The molecule has 0 saturated heterocycles. The van der Waals surface area contributed by atoms with Gasteiger partial charge in [-0.25, -0.2) is 0 Å². The molecule has 1 aliphatic rings. The highest BCUT2D eigenvalue weighted by Crippen LogP contribution is 2.53. The van der Waals surface area contributed by atoms with Crippen molar-refractivity contribution in [2.75, 3.05) is 0 Å². The lowest BCUT2D eigenvalue weighted by Crippen LogP contribution is -2.32. The van der Waals surface area contributed by atoms with E-state index in [1.807, 2.05) is 13.8 Å². The molecule has 0 fully saturated rings. The molecule has 0 atom stereocenters. The summed E-state index contributed by atoms with van der Waals surface area (Å²) in [5.74, 6) is 0. The maximum absolute atomic E-state index is 9.57. The van der Waals surface area contributed by atoms with Gasteiger partial charge in [-0.15, -0.1) is 0 Å². The zero-order valence-corrected chi connectivity index (χ0v) is 12.3. The Morgan fingerprint density at radius 2 is 1.67 bits per heavy atom. The molecule has 0 amide bonds. The molecule has 0 saturated carbocycles. The molecule has 0 bridgehead atoms. The van der Waals surface area contributed by atoms with Gasteiger partial charge in [0, 0.05) is 5.56 Å². The van der Waals surface area contributed by atoms with Crippen LogP contribution in [-0.4, -0.2) is 10.2 Å². The van der Waals surface area contributed by atoms with Crippen molar-refractivity contribution in [2.45, 2.75) is 59.7 Å². The molecule has 0 aromatic heterocycles. The van der Waals surface area contributed by atoms with Gasteiger partial charge in [0.25, 0.3) is 0 Å². The fourth-order valence-electron chi connectivity index (χ4n) is 3.52. The molecule has 1 aromatic carbocycles. The second-order valence-electron chi connectivity index (χ2n) is 6.83. The van der Waals surface area contributed by atoms with Crippen LogP contribution < -0.4 is 0 Å². The Morgan fingerprint density at radius 1 is 1.11 bits per heavy atom.